The monoisotopic (exact) mass is 470 g/mol. The minimum absolute atomic E-state index is 0.0738. The van der Waals surface area contributed by atoms with E-state index in [4.69, 9.17) is 0 Å². The highest BCUT2D eigenvalue weighted by atomic mass is 32.2. The van der Waals surface area contributed by atoms with Crippen LogP contribution in [0.5, 0.6) is 0 Å². The summed E-state index contributed by atoms with van der Waals surface area (Å²) in [6.45, 7) is 1.44. The van der Waals surface area contributed by atoms with Crippen molar-refractivity contribution in [3.63, 3.8) is 0 Å². The lowest BCUT2D eigenvalue weighted by Gasteiger charge is -2.23. The van der Waals surface area contributed by atoms with Gasteiger partial charge in [-0.2, -0.15) is 8.61 Å². The summed E-state index contributed by atoms with van der Waals surface area (Å²) in [6, 6.07) is 24.4. The van der Waals surface area contributed by atoms with Crippen LogP contribution in [0.1, 0.15) is 24.0 Å². The van der Waals surface area contributed by atoms with Crippen molar-refractivity contribution >= 4 is 20.0 Å². The molecule has 6 nitrogen and oxygen atoms in total. The van der Waals surface area contributed by atoms with Crippen LogP contribution in [-0.4, -0.2) is 38.5 Å². The molecule has 3 aromatic carbocycles. The normalized spacial score (nSPS) is 15.3. The van der Waals surface area contributed by atoms with Gasteiger partial charge in [0.25, 0.3) is 0 Å². The average molecular weight is 471 g/mol. The molecular weight excluding hydrogens is 444 g/mol. The molecule has 0 N–H and O–H groups in total. The fourth-order valence-corrected chi connectivity index (χ4v) is 6.74. The fraction of sp³-hybridized carbons (Fsp3) is 0.250. The van der Waals surface area contributed by atoms with Crippen LogP contribution < -0.4 is 0 Å². The van der Waals surface area contributed by atoms with E-state index in [1.165, 1.54) is 32.9 Å². The molecule has 32 heavy (non-hydrogen) atoms. The molecule has 0 aliphatic carbocycles. The molecular formula is C24H26N2O4S2. The number of benzene rings is 3. The Kier molecular flexibility index (Phi) is 6.76. The predicted molar refractivity (Wildman–Crippen MR) is 124 cm³/mol. The lowest BCUT2D eigenvalue weighted by molar-refractivity contribution is 0.401. The zero-order valence-electron chi connectivity index (χ0n) is 17.7. The van der Waals surface area contributed by atoms with Crippen molar-refractivity contribution in [2.24, 2.45) is 0 Å². The summed E-state index contributed by atoms with van der Waals surface area (Å²) in [4.78, 5) is 0.195. The van der Waals surface area contributed by atoms with Crippen LogP contribution in [0.3, 0.4) is 0 Å². The number of rotatable bonds is 8. The number of nitrogens with zero attached hydrogens (tertiary/aromatic N) is 2. The number of hydrogen-bond acceptors (Lipinski definition) is 4. The summed E-state index contributed by atoms with van der Waals surface area (Å²) in [5.41, 5.74) is 1.75. The molecule has 1 heterocycles. The van der Waals surface area contributed by atoms with E-state index in [1.54, 1.807) is 0 Å². The Balaban J connectivity index is 1.64. The van der Waals surface area contributed by atoms with E-state index in [-0.39, 0.29) is 22.9 Å². The summed E-state index contributed by atoms with van der Waals surface area (Å²) in [5.74, 6) is 0. The summed E-state index contributed by atoms with van der Waals surface area (Å²) < 4.78 is 55.5. The molecule has 0 unspecified atom stereocenters. The highest BCUT2D eigenvalue weighted by Crippen LogP contribution is 2.25. The quantitative estimate of drug-likeness (QED) is 0.501. The molecule has 0 bridgehead atoms. The van der Waals surface area contributed by atoms with Crippen molar-refractivity contribution in [1.82, 2.24) is 8.61 Å². The van der Waals surface area contributed by atoms with Crippen LogP contribution in [0.25, 0.3) is 0 Å². The first-order valence-corrected chi connectivity index (χ1v) is 13.4. The second kappa shape index (κ2) is 9.54. The lowest BCUT2D eigenvalue weighted by atomic mass is 10.2. The fourth-order valence-electron chi connectivity index (χ4n) is 3.81. The molecule has 0 aromatic heterocycles. The molecule has 1 fully saturated rings. The minimum atomic E-state index is -3.85. The molecule has 1 saturated heterocycles. The van der Waals surface area contributed by atoms with Gasteiger partial charge in [0.15, 0.2) is 0 Å². The van der Waals surface area contributed by atoms with Crippen LogP contribution in [0.2, 0.25) is 0 Å². The second-order valence-electron chi connectivity index (χ2n) is 7.83. The molecule has 1 aliphatic rings. The highest BCUT2D eigenvalue weighted by molar-refractivity contribution is 7.89. The third-order valence-electron chi connectivity index (χ3n) is 5.57. The third kappa shape index (κ3) is 4.94. The molecule has 0 atom stereocenters. The van der Waals surface area contributed by atoms with Crippen molar-refractivity contribution in [3.8, 4) is 0 Å². The molecule has 0 radical (unpaired) electrons. The SMILES string of the molecule is O=S(=O)(c1ccc(S(=O)(=O)N(Cc2ccccc2)Cc2ccccc2)cc1)N1CCCC1. The van der Waals surface area contributed by atoms with E-state index in [2.05, 4.69) is 0 Å². The van der Waals surface area contributed by atoms with E-state index in [0.717, 1.165) is 24.0 Å². The van der Waals surface area contributed by atoms with Gasteiger partial charge in [-0.05, 0) is 48.2 Å². The first-order chi connectivity index (χ1) is 15.4. The molecule has 8 heteroatoms. The van der Waals surface area contributed by atoms with E-state index in [0.29, 0.717) is 13.1 Å². The van der Waals surface area contributed by atoms with Crippen molar-refractivity contribution in [2.45, 2.75) is 35.7 Å². The second-order valence-corrected chi connectivity index (χ2v) is 11.7. The van der Waals surface area contributed by atoms with Crippen LogP contribution in [0, 0.1) is 0 Å². The van der Waals surface area contributed by atoms with Gasteiger partial charge in [0.1, 0.15) is 0 Å². The van der Waals surface area contributed by atoms with Crippen molar-refractivity contribution in [3.05, 3.63) is 96.1 Å². The Bertz CT molecular complexity index is 1200. The predicted octanol–water partition coefficient (Wildman–Crippen LogP) is 3.86. The number of hydrogen-bond donors (Lipinski definition) is 0. The van der Waals surface area contributed by atoms with Crippen molar-refractivity contribution in [2.75, 3.05) is 13.1 Å². The summed E-state index contributed by atoms with van der Waals surface area (Å²) in [5, 5.41) is 0. The maximum Gasteiger partial charge on any atom is 0.243 e. The maximum atomic E-state index is 13.5. The number of sulfonamides is 2. The Labute approximate surface area is 190 Å². The summed E-state index contributed by atoms with van der Waals surface area (Å²) >= 11 is 0. The molecule has 4 rings (SSSR count). The topological polar surface area (TPSA) is 74.8 Å². The van der Waals surface area contributed by atoms with Crippen molar-refractivity contribution in [1.29, 1.82) is 0 Å². The highest BCUT2D eigenvalue weighted by Gasteiger charge is 2.29. The van der Waals surface area contributed by atoms with Gasteiger partial charge in [-0.3, -0.25) is 0 Å². The Morgan fingerprint density at radius 1 is 0.625 bits per heavy atom. The van der Waals surface area contributed by atoms with Crippen LogP contribution in [0.4, 0.5) is 0 Å². The van der Waals surface area contributed by atoms with Crippen molar-refractivity contribution < 1.29 is 16.8 Å². The van der Waals surface area contributed by atoms with Gasteiger partial charge >= 0.3 is 0 Å². The average Bonchev–Trinajstić information content (AvgIpc) is 3.36. The Morgan fingerprint density at radius 2 is 1.06 bits per heavy atom. The van der Waals surface area contributed by atoms with E-state index in [9.17, 15) is 16.8 Å². The molecule has 168 valence electrons. The van der Waals surface area contributed by atoms with Gasteiger partial charge in [0, 0.05) is 26.2 Å². The molecule has 1 aliphatic heterocycles. The van der Waals surface area contributed by atoms with Crippen LogP contribution in [-0.2, 0) is 33.1 Å². The largest absolute Gasteiger partial charge is 0.243 e. The summed E-state index contributed by atoms with van der Waals surface area (Å²) in [7, 11) is -7.45. The van der Waals surface area contributed by atoms with Gasteiger partial charge < -0.3 is 0 Å². The van der Waals surface area contributed by atoms with Crippen LogP contribution in [0.15, 0.2) is 94.7 Å². The first kappa shape index (κ1) is 22.7. The van der Waals surface area contributed by atoms with Gasteiger partial charge in [-0.1, -0.05) is 60.7 Å². The third-order valence-corrected chi connectivity index (χ3v) is 9.29. The van der Waals surface area contributed by atoms with E-state index >= 15 is 0 Å². The van der Waals surface area contributed by atoms with Gasteiger partial charge in [0.05, 0.1) is 9.79 Å². The molecule has 3 aromatic rings. The zero-order valence-corrected chi connectivity index (χ0v) is 19.3. The Morgan fingerprint density at radius 3 is 1.53 bits per heavy atom. The summed E-state index contributed by atoms with van der Waals surface area (Å²) in [6.07, 6.45) is 1.69. The van der Waals surface area contributed by atoms with E-state index in [1.807, 2.05) is 60.7 Å². The first-order valence-electron chi connectivity index (χ1n) is 10.6. The molecule has 0 spiro atoms. The van der Waals surface area contributed by atoms with E-state index < -0.39 is 20.0 Å². The molecule has 0 saturated carbocycles. The smallest absolute Gasteiger partial charge is 0.207 e. The lowest BCUT2D eigenvalue weighted by Crippen LogP contribution is -2.30. The Hall–Kier alpha value is -2.52. The maximum absolute atomic E-state index is 13.5. The van der Waals surface area contributed by atoms with Gasteiger partial charge in [-0.15, -0.1) is 0 Å². The van der Waals surface area contributed by atoms with Gasteiger partial charge in [-0.25, -0.2) is 16.8 Å². The standard InChI is InChI=1S/C24H26N2O4S2/c27-31(28,25-17-7-8-18-25)23-13-15-24(16-14-23)32(29,30)26(19-21-9-3-1-4-10-21)20-22-11-5-2-6-12-22/h1-6,9-16H,7-8,17-20H2. The van der Waals surface area contributed by atoms with Crippen LogP contribution >= 0.6 is 0 Å². The molecule has 0 amide bonds. The minimum Gasteiger partial charge on any atom is -0.207 e. The zero-order chi connectivity index (χ0) is 22.6. The van der Waals surface area contributed by atoms with Gasteiger partial charge in [0.2, 0.25) is 20.0 Å².